The van der Waals surface area contributed by atoms with Crippen molar-refractivity contribution in [2.24, 2.45) is 5.92 Å². The van der Waals surface area contributed by atoms with Crippen molar-refractivity contribution in [2.75, 3.05) is 13.2 Å². The van der Waals surface area contributed by atoms with E-state index in [9.17, 15) is 9.59 Å². The number of thiophene rings is 1. The first-order valence-corrected chi connectivity index (χ1v) is 16.0. The lowest BCUT2D eigenvalue weighted by atomic mass is 9.69. The van der Waals surface area contributed by atoms with Crippen molar-refractivity contribution in [2.45, 2.75) is 63.7 Å². The topological polar surface area (TPSA) is 62.4 Å². The van der Waals surface area contributed by atoms with E-state index in [1.165, 1.54) is 22.3 Å². The Kier molecular flexibility index (Phi) is 5.65. The second-order valence-corrected chi connectivity index (χ2v) is 17.0. The molecular weight excluding hydrogens is 460 g/mol. The number of carbonyl (C=O) groups excluding carboxylic acids is 2. The molecule has 1 saturated heterocycles. The summed E-state index contributed by atoms with van der Waals surface area (Å²) in [4.78, 5) is 33.8. The van der Waals surface area contributed by atoms with Crippen LogP contribution in [0.25, 0.3) is 10.9 Å². The fourth-order valence-electron chi connectivity index (χ4n) is 5.43. The van der Waals surface area contributed by atoms with Crippen molar-refractivity contribution < 1.29 is 14.0 Å². The SMILES string of the molecule is CC(C)(C)[Si](C)(C)OC[C@]12c3[nH]c4ccccc4c3CCN1C(=O)CC[C@@H]2C(=O)c1cccs1. The van der Waals surface area contributed by atoms with Crippen LogP contribution in [0.1, 0.15) is 54.5 Å². The first-order chi connectivity index (χ1) is 16.1. The third-order valence-electron chi connectivity index (χ3n) is 8.38. The third kappa shape index (κ3) is 3.51. The van der Waals surface area contributed by atoms with Crippen LogP contribution in [0.5, 0.6) is 0 Å². The van der Waals surface area contributed by atoms with Gasteiger partial charge in [0.2, 0.25) is 5.91 Å². The summed E-state index contributed by atoms with van der Waals surface area (Å²) in [5.41, 5.74) is 2.46. The molecule has 2 aliphatic heterocycles. The minimum absolute atomic E-state index is 0.0261. The van der Waals surface area contributed by atoms with Crippen LogP contribution in [0.2, 0.25) is 18.1 Å². The molecule has 2 aromatic heterocycles. The van der Waals surface area contributed by atoms with E-state index in [0.29, 0.717) is 26.0 Å². The number of H-pyrrole nitrogens is 1. The summed E-state index contributed by atoms with van der Waals surface area (Å²) in [7, 11) is -2.14. The molecule has 1 amide bonds. The van der Waals surface area contributed by atoms with Crippen molar-refractivity contribution >= 4 is 42.2 Å². The average Bonchev–Trinajstić information content (AvgIpc) is 3.45. The number of para-hydroxylation sites is 1. The highest BCUT2D eigenvalue weighted by Crippen LogP contribution is 2.50. The normalized spacial score (nSPS) is 23.1. The number of hydrogen-bond acceptors (Lipinski definition) is 4. The van der Waals surface area contributed by atoms with E-state index in [2.05, 4.69) is 57.0 Å². The highest BCUT2D eigenvalue weighted by molar-refractivity contribution is 7.12. The van der Waals surface area contributed by atoms with Gasteiger partial charge >= 0.3 is 0 Å². The zero-order valence-corrected chi connectivity index (χ0v) is 22.6. The van der Waals surface area contributed by atoms with Crippen molar-refractivity contribution in [3.63, 3.8) is 0 Å². The summed E-state index contributed by atoms with van der Waals surface area (Å²) in [6.07, 6.45) is 1.73. The van der Waals surface area contributed by atoms with Gasteiger partial charge in [-0.3, -0.25) is 9.59 Å². The number of Topliss-reactive ketones (excluding diaryl/α,β-unsaturated/α-hetero) is 1. The molecule has 4 heterocycles. The van der Waals surface area contributed by atoms with Crippen LogP contribution in [0.4, 0.5) is 0 Å². The van der Waals surface area contributed by atoms with E-state index in [1.54, 1.807) is 0 Å². The lowest BCUT2D eigenvalue weighted by molar-refractivity contribution is -0.150. The predicted octanol–water partition coefficient (Wildman–Crippen LogP) is 6.12. The van der Waals surface area contributed by atoms with E-state index in [0.717, 1.165) is 22.5 Å². The van der Waals surface area contributed by atoms with Crippen LogP contribution in [-0.4, -0.2) is 43.0 Å². The van der Waals surface area contributed by atoms with Crippen molar-refractivity contribution in [3.05, 3.63) is 57.9 Å². The molecule has 3 aromatic rings. The summed E-state index contributed by atoms with van der Waals surface area (Å²) in [6.45, 7) is 12.1. The second kappa shape index (κ2) is 8.17. The van der Waals surface area contributed by atoms with Gasteiger partial charge in [0.1, 0.15) is 5.54 Å². The molecule has 34 heavy (non-hydrogen) atoms. The van der Waals surface area contributed by atoms with E-state index >= 15 is 0 Å². The van der Waals surface area contributed by atoms with Crippen LogP contribution in [0, 0.1) is 5.92 Å². The minimum atomic E-state index is -2.14. The zero-order valence-electron chi connectivity index (χ0n) is 20.7. The fourth-order valence-corrected chi connectivity index (χ4v) is 7.17. The van der Waals surface area contributed by atoms with Gasteiger partial charge in [-0.25, -0.2) is 0 Å². The summed E-state index contributed by atoms with van der Waals surface area (Å²) in [5.74, 6) is -0.100. The summed E-state index contributed by atoms with van der Waals surface area (Å²) < 4.78 is 6.87. The third-order valence-corrected chi connectivity index (χ3v) is 13.7. The quantitative estimate of drug-likeness (QED) is 0.343. The summed E-state index contributed by atoms with van der Waals surface area (Å²) >= 11 is 1.48. The Morgan fingerprint density at radius 3 is 2.68 bits per heavy atom. The van der Waals surface area contributed by atoms with Gasteiger partial charge in [-0.05, 0) is 54.1 Å². The van der Waals surface area contributed by atoms with Crippen LogP contribution in [-0.2, 0) is 21.2 Å². The smallest absolute Gasteiger partial charge is 0.223 e. The number of hydrogen-bond donors (Lipinski definition) is 1. The summed E-state index contributed by atoms with van der Waals surface area (Å²) in [6, 6.07) is 12.1. The number of amides is 1. The van der Waals surface area contributed by atoms with Gasteiger partial charge in [0, 0.05) is 29.6 Å². The maximum atomic E-state index is 14.0. The summed E-state index contributed by atoms with van der Waals surface area (Å²) in [5, 5.41) is 3.16. The van der Waals surface area contributed by atoms with E-state index in [1.807, 2.05) is 28.5 Å². The largest absolute Gasteiger partial charge is 0.414 e. The molecule has 0 spiro atoms. The van der Waals surface area contributed by atoms with Gasteiger partial charge in [0.05, 0.1) is 17.4 Å². The first-order valence-electron chi connectivity index (χ1n) is 12.2. The number of aromatic nitrogens is 1. The molecule has 1 fully saturated rings. The number of benzene rings is 1. The van der Waals surface area contributed by atoms with Gasteiger partial charge < -0.3 is 14.3 Å². The van der Waals surface area contributed by atoms with Gasteiger partial charge in [-0.15, -0.1) is 11.3 Å². The number of aromatic amines is 1. The molecule has 0 radical (unpaired) electrons. The van der Waals surface area contributed by atoms with Crippen molar-refractivity contribution in [3.8, 4) is 0 Å². The molecular formula is C27H34N2O3SSi. The number of piperidine rings is 1. The fraction of sp³-hybridized carbons (Fsp3) is 0.481. The lowest BCUT2D eigenvalue weighted by Crippen LogP contribution is -2.65. The van der Waals surface area contributed by atoms with Crippen LogP contribution in [0.15, 0.2) is 41.8 Å². The minimum Gasteiger partial charge on any atom is -0.414 e. The molecule has 1 aromatic carbocycles. The molecule has 1 N–H and O–H groups in total. The lowest BCUT2D eigenvalue weighted by Gasteiger charge is -2.54. The first kappa shape index (κ1) is 23.5. The number of fused-ring (bicyclic) bond motifs is 5. The molecule has 0 unspecified atom stereocenters. The molecule has 0 bridgehead atoms. The Labute approximate surface area is 206 Å². The molecule has 0 saturated carbocycles. The van der Waals surface area contributed by atoms with Crippen LogP contribution in [0.3, 0.4) is 0 Å². The Balaban J connectivity index is 1.71. The van der Waals surface area contributed by atoms with E-state index < -0.39 is 13.9 Å². The molecule has 5 rings (SSSR count). The average molecular weight is 495 g/mol. The number of ketones is 1. The predicted molar refractivity (Wildman–Crippen MR) is 140 cm³/mol. The Bertz CT molecular complexity index is 1240. The van der Waals surface area contributed by atoms with E-state index in [-0.39, 0.29) is 22.6 Å². The molecule has 180 valence electrons. The maximum Gasteiger partial charge on any atom is 0.223 e. The molecule has 5 nitrogen and oxygen atoms in total. The molecule has 2 atom stereocenters. The van der Waals surface area contributed by atoms with Gasteiger partial charge in [0.25, 0.3) is 0 Å². The van der Waals surface area contributed by atoms with Gasteiger partial charge in [-0.2, -0.15) is 0 Å². The second-order valence-electron chi connectivity index (χ2n) is 11.2. The van der Waals surface area contributed by atoms with Gasteiger partial charge in [-0.1, -0.05) is 45.0 Å². The standard InChI is InChI=1S/C27H34N2O3SSi/c1-26(2,3)34(4,5)32-17-27-20(24(31)22-11-8-16-33-22)12-13-23(30)29(27)15-14-19-18-9-6-7-10-21(18)28-25(19)27/h6-11,16,20,28H,12-15,17H2,1-5H3/t20-,27+/m1/s1. The Hall–Kier alpha value is -2.22. The van der Waals surface area contributed by atoms with Crippen molar-refractivity contribution in [1.82, 2.24) is 9.88 Å². The number of rotatable bonds is 5. The number of nitrogens with zero attached hydrogens (tertiary/aromatic N) is 1. The highest BCUT2D eigenvalue weighted by Gasteiger charge is 2.58. The molecule has 7 heteroatoms. The number of carbonyl (C=O) groups is 2. The van der Waals surface area contributed by atoms with Crippen LogP contribution < -0.4 is 0 Å². The molecule has 2 aliphatic rings. The van der Waals surface area contributed by atoms with Crippen molar-refractivity contribution in [1.29, 1.82) is 0 Å². The molecule has 0 aliphatic carbocycles. The van der Waals surface area contributed by atoms with E-state index in [4.69, 9.17) is 4.43 Å². The maximum absolute atomic E-state index is 14.0. The zero-order chi connectivity index (χ0) is 24.3. The highest BCUT2D eigenvalue weighted by atomic mass is 32.1. The monoisotopic (exact) mass is 494 g/mol. The Morgan fingerprint density at radius 1 is 1.21 bits per heavy atom. The van der Waals surface area contributed by atoms with Crippen LogP contribution >= 0.6 is 11.3 Å². The Morgan fingerprint density at radius 2 is 1.97 bits per heavy atom. The van der Waals surface area contributed by atoms with Gasteiger partial charge in [0.15, 0.2) is 14.1 Å². The number of nitrogens with one attached hydrogen (secondary N) is 1.